The molecule has 0 aliphatic heterocycles. The van der Waals surface area contributed by atoms with Crippen molar-refractivity contribution in [2.45, 2.75) is 13.8 Å². The van der Waals surface area contributed by atoms with Crippen LogP contribution in [-0.2, 0) is 0 Å². The summed E-state index contributed by atoms with van der Waals surface area (Å²) in [5, 5.41) is 3.17. The van der Waals surface area contributed by atoms with Crippen molar-refractivity contribution in [2.75, 3.05) is 24.7 Å². The molecule has 3 N–H and O–H groups in total. The van der Waals surface area contributed by atoms with Gasteiger partial charge in [-0.3, -0.25) is 0 Å². The third kappa shape index (κ3) is 2.80. The van der Waals surface area contributed by atoms with Crippen LogP contribution in [0.3, 0.4) is 0 Å². The van der Waals surface area contributed by atoms with E-state index in [-0.39, 0.29) is 0 Å². The minimum absolute atomic E-state index is 0.558. The lowest BCUT2D eigenvalue weighted by Crippen LogP contribution is -2.11. The Kier molecular flexibility index (Phi) is 3.56. The molecule has 0 spiro atoms. The molecule has 4 heteroatoms. The number of nitrogens with zero attached hydrogens (tertiary/aromatic N) is 1. The van der Waals surface area contributed by atoms with E-state index in [1.54, 1.807) is 19.2 Å². The molecule has 1 aromatic rings. The van der Waals surface area contributed by atoms with E-state index >= 15 is 0 Å². The molecular weight excluding hydrogens is 178 g/mol. The fraction of sp³-hybridized carbons (Fsp3) is 0.500. The van der Waals surface area contributed by atoms with Crippen molar-refractivity contribution < 1.29 is 4.74 Å². The maximum atomic E-state index is 5.75. The highest BCUT2D eigenvalue weighted by atomic mass is 16.5. The number of nitrogens with one attached hydrogen (secondary N) is 1. The minimum atomic E-state index is 0.558. The highest BCUT2D eigenvalue weighted by molar-refractivity contribution is 5.61. The summed E-state index contributed by atoms with van der Waals surface area (Å²) in [7, 11) is 1.59. The number of nitrogen functional groups attached to an aromatic ring is 1. The zero-order valence-electron chi connectivity index (χ0n) is 8.87. The molecule has 0 bridgehead atoms. The van der Waals surface area contributed by atoms with Gasteiger partial charge in [0.15, 0.2) is 5.82 Å². The van der Waals surface area contributed by atoms with Crippen molar-refractivity contribution in [3.8, 4) is 5.88 Å². The number of hydrogen-bond acceptors (Lipinski definition) is 4. The van der Waals surface area contributed by atoms with Crippen LogP contribution in [0.4, 0.5) is 11.5 Å². The Morgan fingerprint density at radius 1 is 1.50 bits per heavy atom. The number of ether oxygens (including phenoxy) is 1. The van der Waals surface area contributed by atoms with Crippen molar-refractivity contribution >= 4 is 11.5 Å². The molecule has 0 amide bonds. The van der Waals surface area contributed by atoms with Gasteiger partial charge in [0.1, 0.15) is 0 Å². The number of aromatic nitrogens is 1. The summed E-state index contributed by atoms with van der Waals surface area (Å²) >= 11 is 0. The fourth-order valence-electron chi connectivity index (χ4n) is 1.01. The molecule has 0 unspecified atom stereocenters. The molecule has 0 saturated heterocycles. The average Bonchev–Trinajstić information content (AvgIpc) is 2.16. The smallest absolute Gasteiger partial charge is 0.215 e. The van der Waals surface area contributed by atoms with E-state index in [0.29, 0.717) is 23.3 Å². The van der Waals surface area contributed by atoms with Crippen LogP contribution in [0.5, 0.6) is 5.88 Å². The molecule has 0 saturated carbocycles. The highest BCUT2D eigenvalue weighted by Gasteiger charge is 2.03. The molecule has 0 fully saturated rings. The zero-order valence-corrected chi connectivity index (χ0v) is 8.87. The van der Waals surface area contributed by atoms with Crippen molar-refractivity contribution in [3.63, 3.8) is 0 Å². The average molecular weight is 195 g/mol. The standard InChI is InChI=1S/C10H17N3O/c1-7(2)6-12-10-8(11)4-5-9(13-10)14-3/h4-5,7H,6,11H2,1-3H3,(H,12,13). The summed E-state index contributed by atoms with van der Waals surface area (Å²) in [6.45, 7) is 5.11. The second-order valence-electron chi connectivity index (χ2n) is 3.57. The summed E-state index contributed by atoms with van der Waals surface area (Å²) in [5.41, 5.74) is 6.39. The molecule has 78 valence electrons. The predicted octanol–water partition coefficient (Wildman–Crippen LogP) is 1.74. The number of hydrogen-bond donors (Lipinski definition) is 2. The molecular formula is C10H17N3O. The summed E-state index contributed by atoms with van der Waals surface area (Å²) < 4.78 is 5.01. The van der Waals surface area contributed by atoms with E-state index in [2.05, 4.69) is 24.1 Å². The summed E-state index contributed by atoms with van der Waals surface area (Å²) in [5.74, 6) is 1.82. The Labute approximate surface area is 84.5 Å². The van der Waals surface area contributed by atoms with Gasteiger partial charge in [0.25, 0.3) is 0 Å². The van der Waals surface area contributed by atoms with Gasteiger partial charge in [0, 0.05) is 12.6 Å². The van der Waals surface area contributed by atoms with Crippen LogP contribution in [0.15, 0.2) is 12.1 Å². The van der Waals surface area contributed by atoms with E-state index in [1.165, 1.54) is 0 Å². The Bertz CT molecular complexity index is 299. The molecule has 0 aliphatic carbocycles. The molecule has 0 radical (unpaired) electrons. The van der Waals surface area contributed by atoms with Gasteiger partial charge in [-0.15, -0.1) is 0 Å². The first-order valence-electron chi connectivity index (χ1n) is 4.68. The lowest BCUT2D eigenvalue weighted by molar-refractivity contribution is 0.398. The van der Waals surface area contributed by atoms with E-state index in [1.807, 2.05) is 0 Å². The van der Waals surface area contributed by atoms with Gasteiger partial charge in [-0.1, -0.05) is 13.8 Å². The Hall–Kier alpha value is -1.45. The second-order valence-corrected chi connectivity index (χ2v) is 3.57. The van der Waals surface area contributed by atoms with Crippen LogP contribution < -0.4 is 15.8 Å². The number of pyridine rings is 1. The number of anilines is 2. The number of rotatable bonds is 4. The normalized spacial score (nSPS) is 10.3. The van der Waals surface area contributed by atoms with Gasteiger partial charge < -0.3 is 15.8 Å². The van der Waals surface area contributed by atoms with Crippen LogP contribution in [-0.4, -0.2) is 18.6 Å². The number of methoxy groups -OCH3 is 1. The molecule has 0 atom stereocenters. The molecule has 1 heterocycles. The lowest BCUT2D eigenvalue weighted by atomic mass is 10.2. The van der Waals surface area contributed by atoms with Gasteiger partial charge in [-0.05, 0) is 12.0 Å². The van der Waals surface area contributed by atoms with Gasteiger partial charge in [0.2, 0.25) is 5.88 Å². The number of nitrogens with two attached hydrogens (primary N) is 1. The first-order valence-corrected chi connectivity index (χ1v) is 4.68. The predicted molar refractivity (Wildman–Crippen MR) is 58.5 cm³/mol. The molecule has 1 rings (SSSR count). The van der Waals surface area contributed by atoms with E-state index < -0.39 is 0 Å². The van der Waals surface area contributed by atoms with Crippen molar-refractivity contribution in [2.24, 2.45) is 5.92 Å². The van der Waals surface area contributed by atoms with Gasteiger partial charge in [-0.2, -0.15) is 4.98 Å². The lowest BCUT2D eigenvalue weighted by Gasteiger charge is -2.11. The Balaban J connectivity index is 2.73. The van der Waals surface area contributed by atoms with E-state index in [4.69, 9.17) is 10.5 Å². The quantitative estimate of drug-likeness (QED) is 0.768. The first kappa shape index (κ1) is 10.6. The molecule has 4 nitrogen and oxygen atoms in total. The molecule has 0 aromatic carbocycles. The van der Waals surface area contributed by atoms with Crippen molar-refractivity contribution in [3.05, 3.63) is 12.1 Å². The van der Waals surface area contributed by atoms with Crippen molar-refractivity contribution in [1.82, 2.24) is 4.98 Å². The third-order valence-corrected chi connectivity index (χ3v) is 1.79. The SMILES string of the molecule is COc1ccc(N)c(NCC(C)C)n1. The maximum Gasteiger partial charge on any atom is 0.215 e. The van der Waals surface area contributed by atoms with Crippen LogP contribution in [0.25, 0.3) is 0 Å². The van der Waals surface area contributed by atoms with Crippen LogP contribution in [0, 0.1) is 5.92 Å². The molecule has 14 heavy (non-hydrogen) atoms. The van der Waals surface area contributed by atoms with Crippen LogP contribution in [0.1, 0.15) is 13.8 Å². The van der Waals surface area contributed by atoms with Crippen LogP contribution >= 0.6 is 0 Å². The van der Waals surface area contributed by atoms with Crippen molar-refractivity contribution in [1.29, 1.82) is 0 Å². The monoisotopic (exact) mass is 195 g/mol. The maximum absolute atomic E-state index is 5.75. The summed E-state index contributed by atoms with van der Waals surface area (Å²) in [4.78, 5) is 4.20. The van der Waals surface area contributed by atoms with Gasteiger partial charge in [-0.25, -0.2) is 0 Å². The highest BCUT2D eigenvalue weighted by Crippen LogP contribution is 2.19. The summed E-state index contributed by atoms with van der Waals surface area (Å²) in [6.07, 6.45) is 0. The first-order chi connectivity index (χ1) is 6.63. The van der Waals surface area contributed by atoms with E-state index in [0.717, 1.165) is 6.54 Å². The third-order valence-electron chi connectivity index (χ3n) is 1.79. The van der Waals surface area contributed by atoms with Crippen LogP contribution in [0.2, 0.25) is 0 Å². The van der Waals surface area contributed by atoms with E-state index in [9.17, 15) is 0 Å². The zero-order chi connectivity index (χ0) is 10.6. The largest absolute Gasteiger partial charge is 0.481 e. The topological polar surface area (TPSA) is 60.2 Å². The summed E-state index contributed by atoms with van der Waals surface area (Å²) in [6, 6.07) is 3.53. The Morgan fingerprint density at radius 3 is 2.79 bits per heavy atom. The molecule has 1 aromatic heterocycles. The van der Waals surface area contributed by atoms with Gasteiger partial charge in [0.05, 0.1) is 12.8 Å². The fourth-order valence-corrected chi connectivity index (χ4v) is 1.01. The second kappa shape index (κ2) is 4.69. The minimum Gasteiger partial charge on any atom is -0.481 e. The van der Waals surface area contributed by atoms with Gasteiger partial charge >= 0.3 is 0 Å². The molecule has 0 aliphatic rings. The Morgan fingerprint density at radius 2 is 2.21 bits per heavy atom.